The molecule has 0 radical (unpaired) electrons. The molecule has 0 fully saturated rings. The number of carbonyl (C=O) groups is 1. The van der Waals surface area contributed by atoms with E-state index >= 15 is 0 Å². The lowest BCUT2D eigenvalue weighted by molar-refractivity contribution is -0.113. The monoisotopic (exact) mass is 496 g/mol. The molecule has 4 aromatic rings. The summed E-state index contributed by atoms with van der Waals surface area (Å²) in [6.07, 6.45) is 0. The maximum Gasteiger partial charge on any atom is 0.255 e. The van der Waals surface area contributed by atoms with Crippen LogP contribution in [0.15, 0.2) is 78.0 Å². The number of nitrogens with zero attached hydrogens (tertiary/aromatic N) is 4. The van der Waals surface area contributed by atoms with Crippen molar-refractivity contribution in [3.8, 4) is 11.5 Å². The molecule has 1 amide bonds. The van der Waals surface area contributed by atoms with Gasteiger partial charge in [0.1, 0.15) is 12.6 Å². The van der Waals surface area contributed by atoms with Gasteiger partial charge in [-0.05, 0) is 66.1 Å². The maximum atomic E-state index is 13.6. The van der Waals surface area contributed by atoms with Crippen molar-refractivity contribution in [3.05, 3.63) is 100 Å². The number of anilines is 2. The Morgan fingerprint density at radius 1 is 1.03 bits per heavy atom. The molecule has 9 heteroatoms. The van der Waals surface area contributed by atoms with Gasteiger partial charge in [0.2, 0.25) is 5.95 Å². The third kappa shape index (κ3) is 4.88. The Bertz CT molecular complexity index is 1480. The number of aryl methyl sites for hydroxylation is 2. The zero-order valence-electron chi connectivity index (χ0n) is 21.1. The minimum atomic E-state index is -0.574. The summed E-state index contributed by atoms with van der Waals surface area (Å²) < 4.78 is 13.3. The molecule has 9 nitrogen and oxygen atoms in total. The van der Waals surface area contributed by atoms with E-state index in [1.807, 2.05) is 68.4 Å². The molecular formula is C28H28N6O3. The average Bonchev–Trinajstić information content (AvgIpc) is 3.37. The summed E-state index contributed by atoms with van der Waals surface area (Å²) in [4.78, 5) is 13.6. The van der Waals surface area contributed by atoms with Gasteiger partial charge in [-0.15, -0.1) is 0 Å². The van der Waals surface area contributed by atoms with Crippen molar-refractivity contribution in [3.63, 3.8) is 0 Å². The number of carbonyl (C=O) groups excluding carboxylic acids is 1. The van der Waals surface area contributed by atoms with Crippen LogP contribution in [-0.4, -0.2) is 33.2 Å². The van der Waals surface area contributed by atoms with Crippen LogP contribution in [0.5, 0.6) is 11.5 Å². The van der Waals surface area contributed by atoms with Gasteiger partial charge in [-0.1, -0.05) is 59.2 Å². The molecule has 188 valence electrons. The fourth-order valence-corrected chi connectivity index (χ4v) is 4.34. The summed E-state index contributed by atoms with van der Waals surface area (Å²) in [5.74, 6) is 1.36. The van der Waals surface area contributed by atoms with Crippen LogP contribution in [0.3, 0.4) is 0 Å². The first kappa shape index (κ1) is 24.1. The van der Waals surface area contributed by atoms with Crippen LogP contribution in [0.1, 0.15) is 35.2 Å². The van der Waals surface area contributed by atoms with Gasteiger partial charge in [-0.3, -0.25) is 4.79 Å². The largest absolute Gasteiger partial charge is 0.493 e. The Morgan fingerprint density at radius 2 is 1.81 bits per heavy atom. The van der Waals surface area contributed by atoms with E-state index in [-0.39, 0.29) is 5.91 Å². The number of allylic oxidation sites excluding steroid dienone is 1. The van der Waals surface area contributed by atoms with Gasteiger partial charge in [0.05, 0.1) is 12.7 Å². The highest BCUT2D eigenvalue weighted by Crippen LogP contribution is 2.39. The van der Waals surface area contributed by atoms with Crippen molar-refractivity contribution in [2.45, 2.75) is 33.4 Å². The van der Waals surface area contributed by atoms with E-state index in [4.69, 9.17) is 9.47 Å². The Kier molecular flexibility index (Phi) is 6.59. The highest BCUT2D eigenvalue weighted by molar-refractivity contribution is 6.06. The van der Waals surface area contributed by atoms with Crippen LogP contribution in [0, 0.1) is 13.8 Å². The lowest BCUT2D eigenvalue weighted by atomic mass is 9.94. The number of hydrogen-bond acceptors (Lipinski definition) is 7. The van der Waals surface area contributed by atoms with Crippen LogP contribution in [0.2, 0.25) is 0 Å². The highest BCUT2D eigenvalue weighted by atomic mass is 16.5. The van der Waals surface area contributed by atoms with E-state index < -0.39 is 6.04 Å². The molecule has 0 saturated carbocycles. The van der Waals surface area contributed by atoms with Crippen molar-refractivity contribution >= 4 is 17.5 Å². The minimum absolute atomic E-state index is 0.246. The quantitative estimate of drug-likeness (QED) is 0.379. The van der Waals surface area contributed by atoms with E-state index in [9.17, 15) is 4.79 Å². The lowest BCUT2D eigenvalue weighted by Crippen LogP contribution is -2.31. The molecule has 2 N–H and O–H groups in total. The summed E-state index contributed by atoms with van der Waals surface area (Å²) in [5, 5.41) is 18.3. The molecule has 0 bridgehead atoms. The van der Waals surface area contributed by atoms with E-state index in [1.54, 1.807) is 11.8 Å². The summed E-state index contributed by atoms with van der Waals surface area (Å²) >= 11 is 0. The topological polar surface area (TPSA) is 103 Å². The third-order valence-corrected chi connectivity index (χ3v) is 6.37. The van der Waals surface area contributed by atoms with Gasteiger partial charge in [0.15, 0.2) is 11.5 Å². The number of aromatic nitrogens is 4. The second kappa shape index (κ2) is 10.1. The summed E-state index contributed by atoms with van der Waals surface area (Å²) in [7, 11) is 1.59. The van der Waals surface area contributed by atoms with E-state index in [1.165, 1.54) is 5.56 Å². The molecule has 1 aliphatic heterocycles. The number of amides is 1. The zero-order valence-corrected chi connectivity index (χ0v) is 21.1. The first-order valence-electron chi connectivity index (χ1n) is 11.9. The molecule has 0 spiro atoms. The predicted octanol–water partition coefficient (Wildman–Crippen LogP) is 4.81. The number of nitrogens with one attached hydrogen (secondary N) is 2. The summed E-state index contributed by atoms with van der Waals surface area (Å²) in [6, 6.07) is 20.9. The molecule has 37 heavy (non-hydrogen) atoms. The molecule has 0 saturated heterocycles. The molecule has 1 aliphatic rings. The van der Waals surface area contributed by atoms with Crippen LogP contribution in [-0.2, 0) is 11.4 Å². The van der Waals surface area contributed by atoms with Crippen LogP contribution in [0.25, 0.3) is 0 Å². The first-order valence-corrected chi connectivity index (χ1v) is 11.9. The van der Waals surface area contributed by atoms with Crippen LogP contribution < -0.4 is 20.1 Å². The molecule has 3 aromatic carbocycles. The maximum absolute atomic E-state index is 13.6. The second-order valence-electron chi connectivity index (χ2n) is 8.97. The standard InChI is InChI=1S/C28H28N6O3/c1-17-9-11-20(12-10-17)16-37-23-14-13-21(15-24(23)36-4)26-25(19(3)29-28-31-32-33-34(26)28)27(35)30-22-8-6-5-7-18(22)2/h5-15,26H,16H2,1-4H3,(H,30,35)(H,29,31,33). The van der Waals surface area contributed by atoms with Crippen molar-refractivity contribution in [2.24, 2.45) is 0 Å². The van der Waals surface area contributed by atoms with Crippen molar-refractivity contribution in [2.75, 3.05) is 17.7 Å². The Hall–Kier alpha value is -4.66. The SMILES string of the molecule is COc1cc(C2C(C(=O)Nc3ccccc3C)=C(C)Nc3nnnn32)ccc1OCc1ccc(C)cc1. The number of benzene rings is 3. The molecule has 1 unspecified atom stereocenters. The molecule has 0 aliphatic carbocycles. The van der Waals surface area contributed by atoms with Gasteiger partial charge in [0.25, 0.3) is 5.91 Å². The Morgan fingerprint density at radius 3 is 2.57 bits per heavy atom. The number of rotatable bonds is 7. The smallest absolute Gasteiger partial charge is 0.255 e. The number of ether oxygens (including phenoxy) is 2. The second-order valence-corrected chi connectivity index (χ2v) is 8.97. The van der Waals surface area contributed by atoms with E-state index in [0.29, 0.717) is 35.3 Å². The molecule has 5 rings (SSSR count). The molecule has 1 aromatic heterocycles. The molecule has 2 heterocycles. The van der Waals surface area contributed by atoms with E-state index in [0.717, 1.165) is 22.4 Å². The molecule has 1 atom stereocenters. The van der Waals surface area contributed by atoms with Gasteiger partial charge in [0, 0.05) is 11.4 Å². The van der Waals surface area contributed by atoms with Crippen molar-refractivity contribution in [1.82, 2.24) is 20.2 Å². The van der Waals surface area contributed by atoms with Gasteiger partial charge in [-0.25, -0.2) is 0 Å². The van der Waals surface area contributed by atoms with Gasteiger partial charge in [-0.2, -0.15) is 4.68 Å². The minimum Gasteiger partial charge on any atom is -0.493 e. The number of methoxy groups -OCH3 is 1. The highest BCUT2D eigenvalue weighted by Gasteiger charge is 2.34. The van der Waals surface area contributed by atoms with Gasteiger partial charge < -0.3 is 20.1 Å². The fourth-order valence-electron chi connectivity index (χ4n) is 4.34. The van der Waals surface area contributed by atoms with Crippen molar-refractivity contribution < 1.29 is 14.3 Å². The van der Waals surface area contributed by atoms with Crippen LogP contribution >= 0.6 is 0 Å². The Labute approximate surface area is 215 Å². The lowest BCUT2D eigenvalue weighted by Gasteiger charge is -2.28. The summed E-state index contributed by atoms with van der Waals surface area (Å²) in [6.45, 7) is 6.25. The van der Waals surface area contributed by atoms with Crippen LogP contribution in [0.4, 0.5) is 11.6 Å². The third-order valence-electron chi connectivity index (χ3n) is 6.37. The normalized spacial score (nSPS) is 14.5. The van der Waals surface area contributed by atoms with Crippen molar-refractivity contribution in [1.29, 1.82) is 0 Å². The number of fused-ring (bicyclic) bond motifs is 1. The zero-order chi connectivity index (χ0) is 25.9. The summed E-state index contributed by atoms with van der Waals surface area (Å²) in [5.41, 5.74) is 5.91. The Balaban J connectivity index is 1.47. The molecular weight excluding hydrogens is 468 g/mol. The number of tetrazole rings is 1. The predicted molar refractivity (Wildman–Crippen MR) is 141 cm³/mol. The number of hydrogen-bond donors (Lipinski definition) is 2. The number of para-hydroxylation sites is 1. The van der Waals surface area contributed by atoms with E-state index in [2.05, 4.69) is 45.2 Å². The first-order chi connectivity index (χ1) is 17.9. The fraction of sp³-hybridized carbons (Fsp3) is 0.214. The van der Waals surface area contributed by atoms with Gasteiger partial charge >= 0.3 is 0 Å². The average molecular weight is 497 g/mol.